The highest BCUT2D eigenvalue weighted by Gasteiger charge is 2.27. The molecule has 0 radical (unpaired) electrons. The van der Waals surface area contributed by atoms with Gasteiger partial charge in [-0.2, -0.15) is 0 Å². The van der Waals surface area contributed by atoms with E-state index in [0.717, 1.165) is 12.8 Å². The Bertz CT molecular complexity index is 310. The first-order valence-electron chi connectivity index (χ1n) is 6.61. The molecule has 0 unspecified atom stereocenters. The Labute approximate surface area is 113 Å². The minimum absolute atomic E-state index is 0.123. The predicted octanol–water partition coefficient (Wildman–Crippen LogP) is 0.799. The number of amides is 1. The number of hydrogen-bond acceptors (Lipinski definition) is 4. The van der Waals surface area contributed by atoms with Gasteiger partial charge in [-0.25, -0.2) is 0 Å². The SMILES string of the molecule is CC(C)(CNC(=O)CCOC1CCOCC1)C(=O)O. The molecule has 1 rings (SSSR count). The van der Waals surface area contributed by atoms with E-state index in [4.69, 9.17) is 14.6 Å². The molecule has 1 aliphatic rings. The zero-order valence-electron chi connectivity index (χ0n) is 11.6. The number of ether oxygens (including phenoxy) is 2. The van der Waals surface area contributed by atoms with Crippen LogP contribution in [-0.2, 0) is 19.1 Å². The van der Waals surface area contributed by atoms with Gasteiger partial charge in [0.05, 0.1) is 18.1 Å². The Morgan fingerprint density at radius 2 is 2.00 bits per heavy atom. The van der Waals surface area contributed by atoms with Gasteiger partial charge in [0.1, 0.15) is 0 Å². The van der Waals surface area contributed by atoms with Crippen molar-refractivity contribution in [1.82, 2.24) is 5.32 Å². The maximum atomic E-state index is 11.5. The summed E-state index contributed by atoms with van der Waals surface area (Å²) >= 11 is 0. The van der Waals surface area contributed by atoms with Crippen molar-refractivity contribution in [3.05, 3.63) is 0 Å². The van der Waals surface area contributed by atoms with E-state index in [2.05, 4.69) is 5.32 Å². The van der Waals surface area contributed by atoms with E-state index in [1.807, 2.05) is 0 Å². The fourth-order valence-corrected chi connectivity index (χ4v) is 1.64. The fourth-order valence-electron chi connectivity index (χ4n) is 1.64. The van der Waals surface area contributed by atoms with Crippen molar-refractivity contribution in [2.75, 3.05) is 26.4 Å². The Morgan fingerprint density at radius 3 is 2.58 bits per heavy atom. The van der Waals surface area contributed by atoms with Crippen LogP contribution in [-0.4, -0.2) is 49.5 Å². The van der Waals surface area contributed by atoms with Crippen molar-refractivity contribution < 1.29 is 24.2 Å². The Balaban J connectivity index is 2.12. The second kappa shape index (κ2) is 7.45. The molecule has 110 valence electrons. The smallest absolute Gasteiger partial charge is 0.310 e. The number of carbonyl (C=O) groups excluding carboxylic acids is 1. The van der Waals surface area contributed by atoms with Crippen molar-refractivity contribution in [3.63, 3.8) is 0 Å². The van der Waals surface area contributed by atoms with E-state index < -0.39 is 11.4 Å². The minimum Gasteiger partial charge on any atom is -0.481 e. The third-order valence-electron chi connectivity index (χ3n) is 3.16. The molecule has 19 heavy (non-hydrogen) atoms. The summed E-state index contributed by atoms with van der Waals surface area (Å²) in [4.78, 5) is 22.4. The van der Waals surface area contributed by atoms with Gasteiger partial charge in [-0.3, -0.25) is 9.59 Å². The molecule has 1 aliphatic heterocycles. The number of carboxylic acid groups (broad SMARTS) is 1. The normalized spacial score (nSPS) is 17.2. The zero-order valence-corrected chi connectivity index (χ0v) is 11.6. The third kappa shape index (κ3) is 6.02. The highest BCUT2D eigenvalue weighted by molar-refractivity contribution is 5.78. The summed E-state index contributed by atoms with van der Waals surface area (Å²) in [5.74, 6) is -1.10. The monoisotopic (exact) mass is 273 g/mol. The first kappa shape index (κ1) is 15.9. The van der Waals surface area contributed by atoms with Crippen LogP contribution in [0.3, 0.4) is 0 Å². The van der Waals surface area contributed by atoms with Crippen LogP contribution >= 0.6 is 0 Å². The van der Waals surface area contributed by atoms with Gasteiger partial charge in [-0.1, -0.05) is 0 Å². The molecule has 1 heterocycles. The number of nitrogens with one attached hydrogen (secondary N) is 1. The summed E-state index contributed by atoms with van der Waals surface area (Å²) in [7, 11) is 0. The lowest BCUT2D eigenvalue weighted by Crippen LogP contribution is -2.39. The minimum atomic E-state index is -0.947. The quantitative estimate of drug-likeness (QED) is 0.716. The van der Waals surface area contributed by atoms with Gasteiger partial charge >= 0.3 is 5.97 Å². The summed E-state index contributed by atoms with van der Waals surface area (Å²) in [5, 5.41) is 11.5. The standard InChI is InChI=1S/C13H23NO5/c1-13(2,12(16)17)9-14-11(15)5-8-19-10-3-6-18-7-4-10/h10H,3-9H2,1-2H3,(H,14,15)(H,16,17). The predicted molar refractivity (Wildman–Crippen MR) is 68.8 cm³/mol. The van der Waals surface area contributed by atoms with Gasteiger partial charge < -0.3 is 19.9 Å². The van der Waals surface area contributed by atoms with Crippen molar-refractivity contribution in [1.29, 1.82) is 0 Å². The fraction of sp³-hybridized carbons (Fsp3) is 0.846. The molecule has 0 saturated carbocycles. The summed E-state index contributed by atoms with van der Waals surface area (Å²) in [6.45, 7) is 5.07. The summed E-state index contributed by atoms with van der Waals surface area (Å²) in [6, 6.07) is 0. The average molecular weight is 273 g/mol. The lowest BCUT2D eigenvalue weighted by Gasteiger charge is -2.22. The van der Waals surface area contributed by atoms with Gasteiger partial charge in [-0.05, 0) is 26.7 Å². The van der Waals surface area contributed by atoms with Gasteiger partial charge in [0.15, 0.2) is 0 Å². The van der Waals surface area contributed by atoms with Gasteiger partial charge in [0.25, 0.3) is 0 Å². The second-order valence-electron chi connectivity index (χ2n) is 5.40. The topological polar surface area (TPSA) is 84.9 Å². The number of aliphatic carboxylic acids is 1. The van der Waals surface area contributed by atoms with E-state index in [-0.39, 0.29) is 25.0 Å². The van der Waals surface area contributed by atoms with Crippen LogP contribution in [0, 0.1) is 5.41 Å². The second-order valence-corrected chi connectivity index (χ2v) is 5.40. The van der Waals surface area contributed by atoms with Crippen LogP contribution in [0.15, 0.2) is 0 Å². The van der Waals surface area contributed by atoms with Crippen molar-refractivity contribution >= 4 is 11.9 Å². The molecular weight excluding hydrogens is 250 g/mol. The molecule has 1 fully saturated rings. The van der Waals surface area contributed by atoms with Crippen molar-refractivity contribution in [2.24, 2.45) is 5.41 Å². The molecule has 0 bridgehead atoms. The Kier molecular flexibility index (Phi) is 6.24. The highest BCUT2D eigenvalue weighted by Crippen LogP contribution is 2.13. The van der Waals surface area contributed by atoms with E-state index in [0.29, 0.717) is 19.8 Å². The van der Waals surface area contributed by atoms with Crippen molar-refractivity contribution in [2.45, 2.75) is 39.2 Å². The van der Waals surface area contributed by atoms with Crippen LogP contribution in [0.4, 0.5) is 0 Å². The molecule has 0 aromatic heterocycles. The molecule has 0 aromatic rings. The van der Waals surface area contributed by atoms with E-state index in [1.54, 1.807) is 13.8 Å². The highest BCUT2D eigenvalue weighted by atomic mass is 16.5. The lowest BCUT2D eigenvalue weighted by molar-refractivity contribution is -0.146. The van der Waals surface area contributed by atoms with Crippen LogP contribution < -0.4 is 5.32 Å². The zero-order chi connectivity index (χ0) is 14.3. The van der Waals surface area contributed by atoms with Gasteiger partial charge in [0, 0.05) is 26.2 Å². The largest absolute Gasteiger partial charge is 0.481 e. The first-order valence-corrected chi connectivity index (χ1v) is 6.61. The van der Waals surface area contributed by atoms with E-state index in [9.17, 15) is 9.59 Å². The number of carboxylic acids is 1. The summed E-state index contributed by atoms with van der Waals surface area (Å²) in [6.07, 6.45) is 2.17. The molecule has 0 aliphatic carbocycles. The molecule has 1 amide bonds. The van der Waals surface area contributed by atoms with E-state index in [1.165, 1.54) is 0 Å². The molecule has 0 atom stereocenters. The summed E-state index contributed by atoms with van der Waals surface area (Å²) in [5.41, 5.74) is -0.947. The molecule has 2 N–H and O–H groups in total. The number of rotatable bonds is 7. The molecule has 0 spiro atoms. The third-order valence-corrected chi connectivity index (χ3v) is 3.16. The van der Waals surface area contributed by atoms with Crippen LogP contribution in [0.5, 0.6) is 0 Å². The van der Waals surface area contributed by atoms with Gasteiger partial charge in [0.2, 0.25) is 5.91 Å². The molecular formula is C13H23NO5. The number of carbonyl (C=O) groups is 2. The van der Waals surface area contributed by atoms with Gasteiger partial charge in [-0.15, -0.1) is 0 Å². The maximum Gasteiger partial charge on any atom is 0.310 e. The maximum absolute atomic E-state index is 11.5. The summed E-state index contributed by atoms with van der Waals surface area (Å²) < 4.78 is 10.8. The Morgan fingerprint density at radius 1 is 1.37 bits per heavy atom. The average Bonchev–Trinajstić information content (AvgIpc) is 2.37. The van der Waals surface area contributed by atoms with E-state index >= 15 is 0 Å². The molecule has 6 heteroatoms. The molecule has 1 saturated heterocycles. The van der Waals surface area contributed by atoms with Crippen LogP contribution in [0.1, 0.15) is 33.1 Å². The van der Waals surface area contributed by atoms with Crippen LogP contribution in [0.2, 0.25) is 0 Å². The first-order chi connectivity index (χ1) is 8.92. The Hall–Kier alpha value is -1.14. The van der Waals surface area contributed by atoms with Crippen molar-refractivity contribution in [3.8, 4) is 0 Å². The lowest BCUT2D eigenvalue weighted by atomic mass is 9.94. The molecule has 6 nitrogen and oxygen atoms in total. The van der Waals surface area contributed by atoms with Crippen LogP contribution in [0.25, 0.3) is 0 Å². The molecule has 0 aromatic carbocycles. The number of hydrogen-bond donors (Lipinski definition) is 2.